The highest BCUT2D eigenvalue weighted by molar-refractivity contribution is 6.77. The van der Waals surface area contributed by atoms with Crippen LogP contribution < -0.4 is 0 Å². The first-order valence-corrected chi connectivity index (χ1v) is 5.19. The molecule has 0 saturated heterocycles. The van der Waals surface area contributed by atoms with Gasteiger partial charge in [-0.15, -0.1) is 0 Å². The van der Waals surface area contributed by atoms with Gasteiger partial charge in [0.05, 0.1) is 0 Å². The average Bonchev–Trinajstić information content (AvgIpc) is 1.83. The summed E-state index contributed by atoms with van der Waals surface area (Å²) in [5, 5.41) is 9.51. The summed E-state index contributed by atoms with van der Waals surface area (Å²) in [5.74, 6) is 0. The first-order chi connectivity index (χ1) is 5.38. The first-order valence-electron chi connectivity index (χ1n) is 4.11. The molecule has 0 rings (SSSR count). The standard InChI is InChI=1S/C9H16N2Si/c1-7(2)12-8(11-6-10)9(3,4)5/h7H,1-5H3. The van der Waals surface area contributed by atoms with Gasteiger partial charge < -0.3 is 0 Å². The van der Waals surface area contributed by atoms with E-state index in [1.165, 1.54) is 0 Å². The number of nitriles is 1. The summed E-state index contributed by atoms with van der Waals surface area (Å²) in [6.45, 7) is 10.6. The van der Waals surface area contributed by atoms with Crippen molar-refractivity contribution in [2.45, 2.75) is 40.2 Å². The summed E-state index contributed by atoms with van der Waals surface area (Å²) >= 11 is 0. The number of nitrogens with zero attached hydrogens (tertiary/aromatic N) is 2. The summed E-state index contributed by atoms with van der Waals surface area (Å²) in [5.41, 5.74) is 0.634. The van der Waals surface area contributed by atoms with E-state index in [1.54, 1.807) is 0 Å². The van der Waals surface area contributed by atoms with Crippen molar-refractivity contribution in [1.29, 1.82) is 5.26 Å². The number of hydrogen-bond donors (Lipinski definition) is 0. The van der Waals surface area contributed by atoms with Gasteiger partial charge in [-0.3, -0.25) is 0 Å². The minimum Gasteiger partial charge on any atom is -0.187 e. The van der Waals surface area contributed by atoms with E-state index in [2.05, 4.69) is 39.6 Å². The van der Waals surface area contributed by atoms with E-state index in [-0.39, 0.29) is 5.41 Å². The maximum absolute atomic E-state index is 8.48. The molecular formula is C9H16N2Si. The van der Waals surface area contributed by atoms with Crippen molar-refractivity contribution in [2.75, 3.05) is 0 Å². The molecule has 0 aromatic heterocycles. The molecule has 0 N–H and O–H groups in total. The van der Waals surface area contributed by atoms with E-state index in [0.717, 1.165) is 5.33 Å². The fourth-order valence-corrected chi connectivity index (χ4v) is 1.83. The lowest BCUT2D eigenvalue weighted by Crippen LogP contribution is -2.27. The van der Waals surface area contributed by atoms with Gasteiger partial charge in [-0.1, -0.05) is 34.6 Å². The van der Waals surface area contributed by atoms with Crippen molar-refractivity contribution >= 4 is 14.9 Å². The van der Waals surface area contributed by atoms with Gasteiger partial charge in [0.25, 0.3) is 0 Å². The second kappa shape index (κ2) is 4.41. The van der Waals surface area contributed by atoms with Gasteiger partial charge in [0.2, 0.25) is 6.19 Å². The molecule has 0 fully saturated rings. The van der Waals surface area contributed by atoms with Gasteiger partial charge in [-0.25, -0.2) is 0 Å². The largest absolute Gasteiger partial charge is 0.205 e. The van der Waals surface area contributed by atoms with Crippen molar-refractivity contribution in [3.05, 3.63) is 0 Å². The van der Waals surface area contributed by atoms with Crippen LogP contribution >= 0.6 is 0 Å². The highest BCUT2D eigenvalue weighted by Gasteiger charge is 2.20. The molecule has 2 radical (unpaired) electrons. The average molecular weight is 180 g/mol. The molecule has 0 bridgehead atoms. The maximum atomic E-state index is 8.48. The van der Waals surface area contributed by atoms with Gasteiger partial charge in [0, 0.05) is 5.33 Å². The molecule has 0 aliphatic heterocycles. The fraction of sp³-hybridized carbons (Fsp3) is 0.778. The van der Waals surface area contributed by atoms with E-state index in [4.69, 9.17) is 5.26 Å². The van der Waals surface area contributed by atoms with E-state index >= 15 is 0 Å². The fourth-order valence-electron chi connectivity index (χ4n) is 0.740. The van der Waals surface area contributed by atoms with Crippen LogP contribution in [0.25, 0.3) is 0 Å². The SMILES string of the molecule is CC(C)[Si]C(=NC#N)C(C)(C)C. The quantitative estimate of drug-likeness (QED) is 0.365. The van der Waals surface area contributed by atoms with Gasteiger partial charge >= 0.3 is 0 Å². The molecule has 0 aromatic rings. The van der Waals surface area contributed by atoms with E-state index in [1.807, 2.05) is 6.19 Å². The highest BCUT2D eigenvalue weighted by atomic mass is 28.2. The third-order valence-corrected chi connectivity index (χ3v) is 3.01. The lowest BCUT2D eigenvalue weighted by molar-refractivity contribution is 0.599. The first kappa shape index (κ1) is 11.4. The highest BCUT2D eigenvalue weighted by Crippen LogP contribution is 2.18. The summed E-state index contributed by atoms with van der Waals surface area (Å²) in [4.78, 5) is 3.87. The molecule has 0 spiro atoms. The molecular weight excluding hydrogens is 164 g/mol. The third kappa shape index (κ3) is 4.30. The normalized spacial score (nSPS) is 13.2. The predicted octanol–water partition coefficient (Wildman–Crippen LogP) is 2.44. The molecule has 0 unspecified atom stereocenters. The Kier molecular flexibility index (Phi) is 4.19. The van der Waals surface area contributed by atoms with Crippen molar-refractivity contribution in [2.24, 2.45) is 10.4 Å². The molecule has 0 saturated carbocycles. The number of rotatable bonds is 2. The Hall–Kier alpha value is -0.623. The molecule has 0 atom stereocenters. The Morgan fingerprint density at radius 2 is 1.92 bits per heavy atom. The smallest absolute Gasteiger partial charge is 0.187 e. The zero-order chi connectivity index (χ0) is 9.78. The molecule has 66 valence electrons. The van der Waals surface area contributed by atoms with Crippen LogP contribution in [0.2, 0.25) is 5.54 Å². The van der Waals surface area contributed by atoms with Crippen LogP contribution in [-0.4, -0.2) is 14.9 Å². The molecule has 0 aliphatic carbocycles. The van der Waals surface area contributed by atoms with Gasteiger partial charge in [-0.2, -0.15) is 10.3 Å². The summed E-state index contributed by atoms with van der Waals surface area (Å²) in [6.07, 6.45) is 1.87. The molecule has 2 nitrogen and oxygen atoms in total. The second-order valence-corrected chi connectivity index (χ2v) is 6.03. The lowest BCUT2D eigenvalue weighted by atomic mass is 9.99. The Morgan fingerprint density at radius 3 is 2.17 bits per heavy atom. The van der Waals surface area contributed by atoms with Crippen LogP contribution in [0.3, 0.4) is 0 Å². The van der Waals surface area contributed by atoms with Crippen molar-refractivity contribution in [3.8, 4) is 6.19 Å². The van der Waals surface area contributed by atoms with E-state index < -0.39 is 0 Å². The molecule has 0 amide bonds. The zero-order valence-electron chi connectivity index (χ0n) is 8.47. The minimum absolute atomic E-state index is 0.0401. The molecule has 12 heavy (non-hydrogen) atoms. The second-order valence-electron chi connectivity index (χ2n) is 4.11. The molecule has 3 heteroatoms. The lowest BCUT2D eigenvalue weighted by Gasteiger charge is -2.21. The Morgan fingerprint density at radius 1 is 1.42 bits per heavy atom. The summed E-state index contributed by atoms with van der Waals surface area (Å²) in [7, 11) is 0.665. The van der Waals surface area contributed by atoms with Crippen LogP contribution in [0.1, 0.15) is 34.6 Å². The van der Waals surface area contributed by atoms with E-state index in [0.29, 0.717) is 15.1 Å². The summed E-state index contributed by atoms with van der Waals surface area (Å²) < 4.78 is 0. The van der Waals surface area contributed by atoms with Crippen LogP contribution in [0, 0.1) is 16.9 Å². The summed E-state index contributed by atoms with van der Waals surface area (Å²) in [6, 6.07) is 0. The Labute approximate surface area is 77.5 Å². The zero-order valence-corrected chi connectivity index (χ0v) is 9.47. The molecule has 0 aromatic carbocycles. The third-order valence-electron chi connectivity index (χ3n) is 1.30. The van der Waals surface area contributed by atoms with Crippen LogP contribution in [0.5, 0.6) is 0 Å². The van der Waals surface area contributed by atoms with Crippen molar-refractivity contribution in [3.63, 3.8) is 0 Å². The number of hydrogen-bond acceptors (Lipinski definition) is 2. The Balaban J connectivity index is 4.50. The van der Waals surface area contributed by atoms with Gasteiger partial charge in [0.1, 0.15) is 9.52 Å². The molecule has 0 aliphatic rings. The van der Waals surface area contributed by atoms with Gasteiger partial charge in [-0.05, 0) is 11.0 Å². The minimum atomic E-state index is 0.0401. The topological polar surface area (TPSA) is 36.1 Å². The van der Waals surface area contributed by atoms with Crippen molar-refractivity contribution < 1.29 is 0 Å². The number of aliphatic imine (C=N–C) groups is 1. The van der Waals surface area contributed by atoms with Crippen molar-refractivity contribution in [1.82, 2.24) is 0 Å². The predicted molar refractivity (Wildman–Crippen MR) is 53.4 cm³/mol. The van der Waals surface area contributed by atoms with Crippen LogP contribution in [0.4, 0.5) is 0 Å². The monoisotopic (exact) mass is 180 g/mol. The van der Waals surface area contributed by atoms with Crippen LogP contribution in [-0.2, 0) is 0 Å². The van der Waals surface area contributed by atoms with Gasteiger partial charge in [0.15, 0.2) is 0 Å². The van der Waals surface area contributed by atoms with Crippen LogP contribution in [0.15, 0.2) is 4.99 Å². The maximum Gasteiger partial charge on any atom is 0.205 e. The Bertz CT molecular complexity index is 206. The molecule has 0 heterocycles. The van der Waals surface area contributed by atoms with E-state index in [9.17, 15) is 0 Å².